The van der Waals surface area contributed by atoms with Crippen LogP contribution in [0.25, 0.3) is 0 Å². The summed E-state index contributed by atoms with van der Waals surface area (Å²) in [5.41, 5.74) is -0.516. The highest BCUT2D eigenvalue weighted by atomic mass is 16.6. The standard InChI is InChI=1S/C17H25NO4/c1-5-20-14-8-6-7-9-15(14)21-12-17(4)11-18(13(2)3)16(19)10-22-17/h6-9,13H,5,10-12H2,1-4H3. The van der Waals surface area contributed by atoms with Crippen molar-refractivity contribution in [3.63, 3.8) is 0 Å². The highest BCUT2D eigenvalue weighted by molar-refractivity contribution is 5.78. The summed E-state index contributed by atoms with van der Waals surface area (Å²) >= 11 is 0. The maximum Gasteiger partial charge on any atom is 0.248 e. The Hall–Kier alpha value is -1.75. The summed E-state index contributed by atoms with van der Waals surface area (Å²) in [6, 6.07) is 7.74. The van der Waals surface area contributed by atoms with E-state index in [1.54, 1.807) is 0 Å². The Bertz CT molecular complexity index is 517. The molecule has 0 bridgehead atoms. The fraction of sp³-hybridized carbons (Fsp3) is 0.588. The van der Waals surface area contributed by atoms with Crippen molar-refractivity contribution in [1.29, 1.82) is 0 Å². The van der Waals surface area contributed by atoms with Crippen LogP contribution in [0.2, 0.25) is 0 Å². The van der Waals surface area contributed by atoms with Crippen LogP contribution >= 0.6 is 0 Å². The van der Waals surface area contributed by atoms with E-state index in [1.807, 2.05) is 56.9 Å². The number of hydrogen-bond donors (Lipinski definition) is 0. The molecule has 122 valence electrons. The molecule has 1 atom stereocenters. The Kier molecular flexibility index (Phi) is 5.29. The first-order valence-electron chi connectivity index (χ1n) is 7.73. The Morgan fingerprint density at radius 3 is 2.50 bits per heavy atom. The normalized spacial score (nSPS) is 22.0. The molecule has 5 heteroatoms. The summed E-state index contributed by atoms with van der Waals surface area (Å²) < 4.78 is 17.2. The predicted molar refractivity (Wildman–Crippen MR) is 84.3 cm³/mol. The minimum Gasteiger partial charge on any atom is -0.490 e. The molecular weight excluding hydrogens is 282 g/mol. The molecule has 2 rings (SSSR count). The quantitative estimate of drug-likeness (QED) is 0.810. The smallest absolute Gasteiger partial charge is 0.248 e. The molecule has 0 aliphatic carbocycles. The summed E-state index contributed by atoms with van der Waals surface area (Å²) in [6.07, 6.45) is 0. The van der Waals surface area contributed by atoms with Gasteiger partial charge in [-0.1, -0.05) is 12.1 Å². The van der Waals surface area contributed by atoms with E-state index in [-0.39, 0.29) is 18.6 Å². The molecule has 1 aliphatic rings. The van der Waals surface area contributed by atoms with Crippen LogP contribution in [0.1, 0.15) is 27.7 Å². The van der Waals surface area contributed by atoms with Crippen molar-refractivity contribution in [2.24, 2.45) is 0 Å². The molecule has 22 heavy (non-hydrogen) atoms. The number of hydrogen-bond acceptors (Lipinski definition) is 4. The van der Waals surface area contributed by atoms with Gasteiger partial charge >= 0.3 is 0 Å². The van der Waals surface area contributed by atoms with Crippen LogP contribution in [0.5, 0.6) is 11.5 Å². The molecule has 5 nitrogen and oxygen atoms in total. The molecule has 1 saturated heterocycles. The predicted octanol–water partition coefficient (Wildman–Crippen LogP) is 2.49. The van der Waals surface area contributed by atoms with Crippen LogP contribution in [0, 0.1) is 0 Å². The van der Waals surface area contributed by atoms with Gasteiger partial charge in [-0.2, -0.15) is 0 Å². The molecular formula is C17H25NO4. The van der Waals surface area contributed by atoms with E-state index >= 15 is 0 Å². The third kappa shape index (κ3) is 3.91. The molecule has 0 saturated carbocycles. The van der Waals surface area contributed by atoms with Crippen molar-refractivity contribution in [3.05, 3.63) is 24.3 Å². The maximum atomic E-state index is 11.9. The van der Waals surface area contributed by atoms with Crippen molar-refractivity contribution in [2.45, 2.75) is 39.3 Å². The first kappa shape index (κ1) is 16.6. The fourth-order valence-corrected chi connectivity index (χ4v) is 2.45. The van der Waals surface area contributed by atoms with E-state index in [4.69, 9.17) is 14.2 Å². The first-order valence-corrected chi connectivity index (χ1v) is 7.73. The second-order valence-electron chi connectivity index (χ2n) is 6.02. The molecule has 1 heterocycles. The maximum absolute atomic E-state index is 11.9. The first-order chi connectivity index (χ1) is 10.4. The van der Waals surface area contributed by atoms with Gasteiger partial charge < -0.3 is 19.1 Å². The Morgan fingerprint density at radius 1 is 1.27 bits per heavy atom. The zero-order valence-corrected chi connectivity index (χ0v) is 13.8. The average Bonchev–Trinajstić information content (AvgIpc) is 2.49. The average molecular weight is 307 g/mol. The summed E-state index contributed by atoms with van der Waals surface area (Å²) in [7, 11) is 0. The minimum atomic E-state index is -0.516. The van der Waals surface area contributed by atoms with Gasteiger partial charge in [-0.05, 0) is 39.8 Å². The highest BCUT2D eigenvalue weighted by Crippen LogP contribution is 2.28. The van der Waals surface area contributed by atoms with Gasteiger partial charge in [-0.15, -0.1) is 0 Å². The van der Waals surface area contributed by atoms with Crippen molar-refractivity contribution >= 4 is 5.91 Å². The number of rotatable bonds is 6. The van der Waals surface area contributed by atoms with Crippen LogP contribution in [-0.4, -0.2) is 48.8 Å². The van der Waals surface area contributed by atoms with Crippen LogP contribution in [-0.2, 0) is 9.53 Å². The van der Waals surface area contributed by atoms with Gasteiger partial charge in [0.25, 0.3) is 0 Å². The zero-order valence-electron chi connectivity index (χ0n) is 13.8. The van der Waals surface area contributed by atoms with Gasteiger partial charge in [0.2, 0.25) is 5.91 Å². The Labute approximate surface area is 132 Å². The summed E-state index contributed by atoms with van der Waals surface area (Å²) in [5, 5.41) is 0. The summed E-state index contributed by atoms with van der Waals surface area (Å²) in [6.45, 7) is 9.51. The summed E-state index contributed by atoms with van der Waals surface area (Å²) in [4.78, 5) is 13.7. The van der Waals surface area contributed by atoms with Crippen molar-refractivity contribution in [2.75, 3.05) is 26.4 Å². The topological polar surface area (TPSA) is 48.0 Å². The summed E-state index contributed by atoms with van der Waals surface area (Å²) in [5.74, 6) is 1.45. The number of morpholine rings is 1. The third-order valence-electron chi connectivity index (χ3n) is 3.67. The zero-order chi connectivity index (χ0) is 16.2. The van der Waals surface area contributed by atoms with Crippen molar-refractivity contribution in [3.8, 4) is 11.5 Å². The number of ether oxygens (including phenoxy) is 3. The van der Waals surface area contributed by atoms with Crippen LogP contribution in [0.3, 0.4) is 0 Å². The van der Waals surface area contributed by atoms with Crippen LogP contribution in [0.4, 0.5) is 0 Å². The van der Waals surface area contributed by atoms with Gasteiger partial charge in [0.1, 0.15) is 18.8 Å². The second-order valence-corrected chi connectivity index (χ2v) is 6.02. The Balaban J connectivity index is 2.03. The lowest BCUT2D eigenvalue weighted by molar-refractivity contribution is -0.168. The molecule has 1 unspecified atom stereocenters. The lowest BCUT2D eigenvalue weighted by Gasteiger charge is -2.41. The second kappa shape index (κ2) is 7.01. The van der Waals surface area contributed by atoms with Gasteiger partial charge in [0.05, 0.1) is 13.2 Å². The van der Waals surface area contributed by atoms with E-state index in [0.717, 1.165) is 5.75 Å². The number of carbonyl (C=O) groups excluding carboxylic acids is 1. The molecule has 0 radical (unpaired) electrons. The molecule has 0 spiro atoms. The van der Waals surface area contributed by atoms with E-state index in [9.17, 15) is 4.79 Å². The van der Waals surface area contributed by atoms with E-state index < -0.39 is 5.60 Å². The number of nitrogens with zero attached hydrogens (tertiary/aromatic N) is 1. The SMILES string of the molecule is CCOc1ccccc1OCC1(C)CN(C(C)C)C(=O)CO1. The van der Waals surface area contributed by atoms with Crippen LogP contribution in [0.15, 0.2) is 24.3 Å². The van der Waals surface area contributed by atoms with Crippen molar-refractivity contribution in [1.82, 2.24) is 4.90 Å². The molecule has 1 fully saturated rings. The van der Waals surface area contributed by atoms with Crippen molar-refractivity contribution < 1.29 is 19.0 Å². The van der Waals surface area contributed by atoms with E-state index in [2.05, 4.69) is 0 Å². The van der Waals surface area contributed by atoms with E-state index in [0.29, 0.717) is 25.5 Å². The molecule has 1 aromatic carbocycles. The number of amides is 1. The molecule has 0 aromatic heterocycles. The third-order valence-corrected chi connectivity index (χ3v) is 3.67. The van der Waals surface area contributed by atoms with E-state index in [1.165, 1.54) is 0 Å². The fourth-order valence-electron chi connectivity index (χ4n) is 2.45. The lowest BCUT2D eigenvalue weighted by atomic mass is 10.0. The molecule has 1 amide bonds. The monoisotopic (exact) mass is 307 g/mol. The molecule has 1 aromatic rings. The largest absolute Gasteiger partial charge is 0.490 e. The Morgan fingerprint density at radius 2 is 1.91 bits per heavy atom. The lowest BCUT2D eigenvalue weighted by Crippen LogP contribution is -2.57. The minimum absolute atomic E-state index is 0.0298. The van der Waals surface area contributed by atoms with Gasteiger partial charge in [-0.25, -0.2) is 0 Å². The molecule has 0 N–H and O–H groups in total. The number of carbonyl (C=O) groups is 1. The number of benzene rings is 1. The number of para-hydroxylation sites is 2. The van der Waals surface area contributed by atoms with Gasteiger partial charge in [0, 0.05) is 6.04 Å². The van der Waals surface area contributed by atoms with Gasteiger partial charge in [-0.3, -0.25) is 4.79 Å². The highest BCUT2D eigenvalue weighted by Gasteiger charge is 2.37. The van der Waals surface area contributed by atoms with Crippen LogP contribution < -0.4 is 9.47 Å². The molecule has 1 aliphatic heterocycles. The van der Waals surface area contributed by atoms with Gasteiger partial charge in [0.15, 0.2) is 11.5 Å².